The van der Waals surface area contributed by atoms with Gasteiger partial charge in [-0.3, -0.25) is 4.79 Å². The molecule has 0 aliphatic rings. The Bertz CT molecular complexity index is 766. The van der Waals surface area contributed by atoms with Crippen LogP contribution in [0.15, 0.2) is 54.7 Å². The lowest BCUT2D eigenvalue weighted by molar-refractivity contribution is 0.112. The van der Waals surface area contributed by atoms with E-state index in [4.69, 9.17) is 0 Å². The average molecular weight is 277 g/mol. The molecule has 0 spiro atoms. The van der Waals surface area contributed by atoms with Gasteiger partial charge in [-0.25, -0.2) is 0 Å². The topological polar surface area (TPSA) is 22.0 Å². The van der Waals surface area contributed by atoms with Gasteiger partial charge in [0.25, 0.3) is 0 Å². The molecule has 2 aromatic carbocycles. The van der Waals surface area contributed by atoms with Crippen molar-refractivity contribution < 1.29 is 4.79 Å². The molecule has 0 N–H and O–H groups in total. The predicted molar refractivity (Wildman–Crippen MR) is 87.0 cm³/mol. The maximum atomic E-state index is 11.2. The van der Waals surface area contributed by atoms with Gasteiger partial charge in [0.15, 0.2) is 6.29 Å². The molecule has 106 valence electrons. The highest BCUT2D eigenvalue weighted by atomic mass is 16.1. The SMILES string of the molecule is CC(C)c1ccc(Cn2cc(C=O)c3ccccc32)cc1. The number of aldehydes is 1. The number of carbonyl (C=O) groups is 1. The van der Waals surface area contributed by atoms with Crippen molar-refractivity contribution in [2.75, 3.05) is 0 Å². The van der Waals surface area contributed by atoms with Crippen LogP contribution in [0.25, 0.3) is 10.9 Å². The molecule has 0 aliphatic heterocycles. The van der Waals surface area contributed by atoms with E-state index in [0.29, 0.717) is 5.92 Å². The van der Waals surface area contributed by atoms with E-state index < -0.39 is 0 Å². The third-order valence-electron chi connectivity index (χ3n) is 3.95. The molecule has 0 unspecified atom stereocenters. The van der Waals surface area contributed by atoms with Crippen LogP contribution in [0.3, 0.4) is 0 Å². The lowest BCUT2D eigenvalue weighted by atomic mass is 10.0. The number of hydrogen-bond donors (Lipinski definition) is 0. The molecule has 1 aromatic heterocycles. The van der Waals surface area contributed by atoms with Gasteiger partial charge in [0.1, 0.15) is 0 Å². The Morgan fingerprint density at radius 1 is 1.05 bits per heavy atom. The molecular weight excluding hydrogens is 258 g/mol. The molecule has 21 heavy (non-hydrogen) atoms. The van der Waals surface area contributed by atoms with Crippen molar-refractivity contribution in [3.8, 4) is 0 Å². The maximum Gasteiger partial charge on any atom is 0.152 e. The van der Waals surface area contributed by atoms with E-state index in [1.807, 2.05) is 24.4 Å². The van der Waals surface area contributed by atoms with Crippen molar-refractivity contribution in [2.45, 2.75) is 26.3 Å². The normalized spacial score (nSPS) is 11.2. The van der Waals surface area contributed by atoms with Crippen LogP contribution in [-0.4, -0.2) is 10.9 Å². The fraction of sp³-hybridized carbons (Fsp3) is 0.211. The molecule has 2 nitrogen and oxygen atoms in total. The number of benzene rings is 2. The van der Waals surface area contributed by atoms with Crippen LogP contribution in [0, 0.1) is 0 Å². The first-order valence-corrected chi connectivity index (χ1v) is 7.31. The van der Waals surface area contributed by atoms with Gasteiger partial charge in [-0.15, -0.1) is 0 Å². The molecular formula is C19H19NO. The van der Waals surface area contributed by atoms with E-state index in [0.717, 1.165) is 29.3 Å². The van der Waals surface area contributed by atoms with Crippen LogP contribution in [0.4, 0.5) is 0 Å². The van der Waals surface area contributed by atoms with E-state index in [1.54, 1.807) is 0 Å². The van der Waals surface area contributed by atoms with Gasteiger partial charge in [0, 0.05) is 29.2 Å². The summed E-state index contributed by atoms with van der Waals surface area (Å²) in [6, 6.07) is 16.8. The predicted octanol–water partition coefficient (Wildman–Crippen LogP) is 4.63. The van der Waals surface area contributed by atoms with Gasteiger partial charge >= 0.3 is 0 Å². The first-order chi connectivity index (χ1) is 10.2. The van der Waals surface area contributed by atoms with Gasteiger partial charge in [-0.1, -0.05) is 56.3 Å². The summed E-state index contributed by atoms with van der Waals surface area (Å²) in [7, 11) is 0. The van der Waals surface area contributed by atoms with E-state index in [9.17, 15) is 4.79 Å². The number of nitrogens with zero attached hydrogens (tertiary/aromatic N) is 1. The lowest BCUT2D eigenvalue weighted by Crippen LogP contribution is -1.98. The number of aromatic nitrogens is 1. The van der Waals surface area contributed by atoms with Gasteiger partial charge in [0.2, 0.25) is 0 Å². The summed E-state index contributed by atoms with van der Waals surface area (Å²) in [6.45, 7) is 5.18. The molecule has 3 aromatic rings. The summed E-state index contributed by atoms with van der Waals surface area (Å²) < 4.78 is 2.14. The van der Waals surface area contributed by atoms with Gasteiger partial charge in [-0.05, 0) is 23.1 Å². The molecule has 0 fully saturated rings. The lowest BCUT2D eigenvalue weighted by Gasteiger charge is -2.08. The highest BCUT2D eigenvalue weighted by Gasteiger charge is 2.07. The molecule has 2 heteroatoms. The second kappa shape index (κ2) is 5.57. The molecule has 0 bridgehead atoms. The van der Waals surface area contributed by atoms with Crippen LogP contribution in [-0.2, 0) is 6.54 Å². The average Bonchev–Trinajstić information content (AvgIpc) is 2.86. The van der Waals surface area contributed by atoms with Crippen LogP contribution >= 0.6 is 0 Å². The van der Waals surface area contributed by atoms with Crippen molar-refractivity contribution in [1.29, 1.82) is 0 Å². The van der Waals surface area contributed by atoms with Gasteiger partial charge in [0.05, 0.1) is 0 Å². The zero-order valence-corrected chi connectivity index (χ0v) is 12.4. The van der Waals surface area contributed by atoms with Gasteiger partial charge in [-0.2, -0.15) is 0 Å². The summed E-state index contributed by atoms with van der Waals surface area (Å²) in [4.78, 5) is 11.2. The Hall–Kier alpha value is -2.35. The Labute approximate surface area is 125 Å². The first kappa shape index (κ1) is 13.6. The molecule has 0 aliphatic carbocycles. The van der Waals surface area contributed by atoms with Crippen LogP contribution in [0.2, 0.25) is 0 Å². The molecule has 0 saturated heterocycles. The van der Waals surface area contributed by atoms with E-state index in [2.05, 4.69) is 48.7 Å². The minimum absolute atomic E-state index is 0.549. The zero-order chi connectivity index (χ0) is 14.8. The number of rotatable bonds is 4. The van der Waals surface area contributed by atoms with Crippen molar-refractivity contribution in [3.05, 3.63) is 71.4 Å². The number of para-hydroxylation sites is 1. The Balaban J connectivity index is 1.96. The smallest absolute Gasteiger partial charge is 0.152 e. The number of carbonyl (C=O) groups excluding carboxylic acids is 1. The monoisotopic (exact) mass is 277 g/mol. The Morgan fingerprint density at radius 3 is 2.43 bits per heavy atom. The van der Waals surface area contributed by atoms with E-state index in [-0.39, 0.29) is 0 Å². The number of hydrogen-bond acceptors (Lipinski definition) is 1. The van der Waals surface area contributed by atoms with Crippen LogP contribution in [0.5, 0.6) is 0 Å². The maximum absolute atomic E-state index is 11.2. The van der Waals surface area contributed by atoms with Crippen molar-refractivity contribution in [3.63, 3.8) is 0 Å². The molecule has 3 rings (SSSR count). The molecule has 0 saturated carbocycles. The van der Waals surface area contributed by atoms with Gasteiger partial charge < -0.3 is 4.57 Å². The summed E-state index contributed by atoms with van der Waals surface area (Å²) in [5, 5.41) is 1.02. The summed E-state index contributed by atoms with van der Waals surface area (Å²) in [6.07, 6.45) is 2.87. The quantitative estimate of drug-likeness (QED) is 0.637. The van der Waals surface area contributed by atoms with Crippen molar-refractivity contribution >= 4 is 17.2 Å². The highest BCUT2D eigenvalue weighted by molar-refractivity contribution is 5.97. The second-order valence-corrected chi connectivity index (χ2v) is 5.74. The third-order valence-corrected chi connectivity index (χ3v) is 3.95. The fourth-order valence-corrected chi connectivity index (χ4v) is 2.70. The summed E-state index contributed by atoms with van der Waals surface area (Å²) in [5.41, 5.74) is 4.46. The summed E-state index contributed by atoms with van der Waals surface area (Å²) >= 11 is 0. The zero-order valence-electron chi connectivity index (χ0n) is 12.4. The van der Waals surface area contributed by atoms with Crippen LogP contribution in [0.1, 0.15) is 41.3 Å². The third kappa shape index (κ3) is 2.62. The minimum Gasteiger partial charge on any atom is -0.342 e. The largest absolute Gasteiger partial charge is 0.342 e. The Morgan fingerprint density at radius 2 is 1.76 bits per heavy atom. The Kier molecular flexibility index (Phi) is 3.61. The molecule has 0 amide bonds. The van der Waals surface area contributed by atoms with E-state index >= 15 is 0 Å². The highest BCUT2D eigenvalue weighted by Crippen LogP contribution is 2.22. The fourth-order valence-electron chi connectivity index (χ4n) is 2.70. The molecule has 0 radical (unpaired) electrons. The molecule has 1 heterocycles. The van der Waals surface area contributed by atoms with Crippen molar-refractivity contribution in [1.82, 2.24) is 4.57 Å². The van der Waals surface area contributed by atoms with Crippen LogP contribution < -0.4 is 0 Å². The minimum atomic E-state index is 0.549. The second-order valence-electron chi connectivity index (χ2n) is 5.74. The molecule has 0 atom stereocenters. The standard InChI is InChI=1S/C19H19NO/c1-14(2)16-9-7-15(8-10-16)11-20-12-17(13-21)18-5-3-4-6-19(18)20/h3-10,12-14H,11H2,1-2H3. The van der Waals surface area contributed by atoms with Crippen molar-refractivity contribution in [2.24, 2.45) is 0 Å². The van der Waals surface area contributed by atoms with E-state index in [1.165, 1.54) is 11.1 Å². The summed E-state index contributed by atoms with van der Waals surface area (Å²) in [5.74, 6) is 0.549. The number of fused-ring (bicyclic) bond motifs is 1. The first-order valence-electron chi connectivity index (χ1n) is 7.31.